The molecule has 1 aromatic carbocycles. The predicted octanol–water partition coefficient (Wildman–Crippen LogP) is 1.35. The lowest BCUT2D eigenvalue weighted by Crippen LogP contribution is -2.31. The summed E-state index contributed by atoms with van der Waals surface area (Å²) in [7, 11) is 1.67. The topological polar surface area (TPSA) is 50.4 Å². The summed E-state index contributed by atoms with van der Waals surface area (Å²) in [4.78, 5) is 12.0. The van der Waals surface area contributed by atoms with E-state index < -0.39 is 0 Å². The molecule has 0 aromatic heterocycles. The van der Waals surface area contributed by atoms with E-state index in [9.17, 15) is 4.79 Å². The van der Waals surface area contributed by atoms with Crippen LogP contribution in [0.4, 0.5) is 5.69 Å². The Balaban J connectivity index is 1.89. The van der Waals surface area contributed by atoms with Crippen LogP contribution in [0.3, 0.4) is 0 Å². The van der Waals surface area contributed by atoms with Gasteiger partial charge in [-0.2, -0.15) is 0 Å². The van der Waals surface area contributed by atoms with Crippen molar-refractivity contribution < 1.29 is 9.53 Å². The number of carbonyl (C=O) groups excluding carboxylic acids is 1. The van der Waals surface area contributed by atoms with E-state index in [1.165, 1.54) is 0 Å². The summed E-state index contributed by atoms with van der Waals surface area (Å²) in [6.07, 6.45) is 0.851. The Morgan fingerprint density at radius 3 is 3.18 bits per heavy atom. The van der Waals surface area contributed by atoms with E-state index in [1.807, 2.05) is 24.3 Å². The van der Waals surface area contributed by atoms with Gasteiger partial charge in [-0.3, -0.25) is 4.79 Å². The van der Waals surface area contributed by atoms with Crippen molar-refractivity contribution in [3.63, 3.8) is 0 Å². The maximum absolute atomic E-state index is 12.0. The first-order valence-electron chi connectivity index (χ1n) is 5.92. The van der Waals surface area contributed by atoms with Gasteiger partial charge in [0.15, 0.2) is 0 Å². The Kier molecular flexibility index (Phi) is 3.98. The minimum Gasteiger partial charge on any atom is -0.385 e. The van der Waals surface area contributed by atoms with Crippen LogP contribution in [0.25, 0.3) is 0 Å². The molecule has 0 bridgehead atoms. The maximum Gasteiger partial charge on any atom is 0.229 e. The van der Waals surface area contributed by atoms with Crippen molar-refractivity contribution in [2.75, 3.05) is 32.1 Å². The summed E-state index contributed by atoms with van der Waals surface area (Å²) in [6, 6.07) is 7.96. The molecule has 0 saturated heterocycles. The Morgan fingerprint density at radius 2 is 2.35 bits per heavy atom. The first kappa shape index (κ1) is 11.9. The minimum atomic E-state index is -0.0613. The second-order valence-electron chi connectivity index (χ2n) is 4.16. The third-order valence-electron chi connectivity index (χ3n) is 2.97. The van der Waals surface area contributed by atoms with Gasteiger partial charge in [-0.1, -0.05) is 18.2 Å². The second kappa shape index (κ2) is 5.68. The Morgan fingerprint density at radius 1 is 1.53 bits per heavy atom. The third kappa shape index (κ3) is 2.77. The van der Waals surface area contributed by atoms with Gasteiger partial charge in [0.05, 0.1) is 5.92 Å². The number of carbonyl (C=O) groups is 1. The average Bonchev–Trinajstić information content (AvgIpc) is 2.78. The molecular formula is C13H18N2O2. The minimum absolute atomic E-state index is 0.0613. The van der Waals surface area contributed by atoms with Crippen molar-refractivity contribution in [2.24, 2.45) is 0 Å². The Labute approximate surface area is 101 Å². The summed E-state index contributed by atoms with van der Waals surface area (Å²) in [5.74, 6) is 0.0345. The van der Waals surface area contributed by atoms with Crippen molar-refractivity contribution in [1.82, 2.24) is 5.32 Å². The number of nitrogens with one attached hydrogen (secondary N) is 2. The lowest BCUT2D eigenvalue weighted by molar-refractivity contribution is -0.122. The van der Waals surface area contributed by atoms with Crippen LogP contribution in [-0.2, 0) is 9.53 Å². The molecule has 1 aromatic rings. The van der Waals surface area contributed by atoms with Crippen molar-refractivity contribution in [1.29, 1.82) is 0 Å². The van der Waals surface area contributed by atoms with Gasteiger partial charge < -0.3 is 15.4 Å². The number of anilines is 1. The van der Waals surface area contributed by atoms with Crippen LogP contribution in [0, 0.1) is 0 Å². The van der Waals surface area contributed by atoms with E-state index in [2.05, 4.69) is 10.6 Å². The molecule has 92 valence electrons. The molecule has 1 aliphatic rings. The van der Waals surface area contributed by atoms with Gasteiger partial charge in [-0.25, -0.2) is 0 Å². The molecular weight excluding hydrogens is 216 g/mol. The molecule has 0 saturated carbocycles. The summed E-state index contributed by atoms with van der Waals surface area (Å²) in [5, 5.41) is 6.19. The van der Waals surface area contributed by atoms with E-state index in [0.717, 1.165) is 17.7 Å². The van der Waals surface area contributed by atoms with Crippen LogP contribution >= 0.6 is 0 Å². The highest BCUT2D eigenvalue weighted by atomic mass is 16.5. The lowest BCUT2D eigenvalue weighted by atomic mass is 10.0. The number of methoxy groups -OCH3 is 1. The van der Waals surface area contributed by atoms with Crippen molar-refractivity contribution >= 4 is 11.6 Å². The summed E-state index contributed by atoms with van der Waals surface area (Å²) in [5.41, 5.74) is 2.17. The van der Waals surface area contributed by atoms with Crippen LogP contribution in [-0.4, -0.2) is 32.7 Å². The molecule has 1 amide bonds. The van der Waals surface area contributed by atoms with Crippen LogP contribution in [0.5, 0.6) is 0 Å². The van der Waals surface area contributed by atoms with Gasteiger partial charge in [0.2, 0.25) is 5.91 Å². The van der Waals surface area contributed by atoms with Gasteiger partial charge in [0, 0.05) is 32.5 Å². The normalized spacial score (nSPS) is 17.4. The maximum atomic E-state index is 12.0. The molecule has 0 fully saturated rings. The van der Waals surface area contributed by atoms with Gasteiger partial charge in [-0.15, -0.1) is 0 Å². The molecule has 1 atom stereocenters. The highest BCUT2D eigenvalue weighted by Gasteiger charge is 2.27. The van der Waals surface area contributed by atoms with Crippen LogP contribution < -0.4 is 10.6 Å². The van der Waals surface area contributed by atoms with E-state index >= 15 is 0 Å². The number of amides is 1. The Hall–Kier alpha value is -1.55. The molecule has 17 heavy (non-hydrogen) atoms. The fraction of sp³-hybridized carbons (Fsp3) is 0.462. The van der Waals surface area contributed by atoms with Crippen LogP contribution in [0.15, 0.2) is 24.3 Å². The smallest absolute Gasteiger partial charge is 0.229 e. The van der Waals surface area contributed by atoms with Gasteiger partial charge in [0.1, 0.15) is 0 Å². The van der Waals surface area contributed by atoms with E-state index in [-0.39, 0.29) is 11.8 Å². The zero-order valence-corrected chi connectivity index (χ0v) is 10.0. The van der Waals surface area contributed by atoms with Crippen molar-refractivity contribution in [2.45, 2.75) is 12.3 Å². The summed E-state index contributed by atoms with van der Waals surface area (Å²) >= 11 is 0. The highest BCUT2D eigenvalue weighted by molar-refractivity contribution is 5.88. The lowest BCUT2D eigenvalue weighted by Gasteiger charge is -2.10. The second-order valence-corrected chi connectivity index (χ2v) is 4.16. The predicted molar refractivity (Wildman–Crippen MR) is 67.2 cm³/mol. The number of para-hydroxylation sites is 1. The number of ether oxygens (including phenoxy) is 1. The Bertz CT molecular complexity index is 393. The standard InChI is InChI=1S/C13H18N2O2/c1-17-8-4-7-14-13(16)11-9-15-12-6-3-2-5-10(11)12/h2-3,5-6,11,15H,4,7-9H2,1H3,(H,14,16). The molecule has 0 aliphatic carbocycles. The zero-order chi connectivity index (χ0) is 12.1. The molecule has 2 N–H and O–H groups in total. The number of fused-ring (bicyclic) bond motifs is 1. The van der Waals surface area contributed by atoms with Crippen molar-refractivity contribution in [3.05, 3.63) is 29.8 Å². The first-order valence-corrected chi connectivity index (χ1v) is 5.92. The summed E-state index contributed by atoms with van der Waals surface area (Å²) in [6.45, 7) is 2.04. The number of hydrogen-bond acceptors (Lipinski definition) is 3. The fourth-order valence-electron chi connectivity index (χ4n) is 2.07. The first-order chi connectivity index (χ1) is 8.33. The van der Waals surface area contributed by atoms with Gasteiger partial charge in [-0.05, 0) is 18.1 Å². The van der Waals surface area contributed by atoms with Crippen molar-refractivity contribution in [3.8, 4) is 0 Å². The SMILES string of the molecule is COCCCNC(=O)C1CNc2ccccc21. The number of hydrogen-bond donors (Lipinski definition) is 2. The number of rotatable bonds is 5. The molecule has 1 unspecified atom stereocenters. The molecule has 4 heteroatoms. The molecule has 0 radical (unpaired) electrons. The average molecular weight is 234 g/mol. The van der Waals surface area contributed by atoms with Crippen LogP contribution in [0.2, 0.25) is 0 Å². The molecule has 4 nitrogen and oxygen atoms in total. The third-order valence-corrected chi connectivity index (χ3v) is 2.97. The van der Waals surface area contributed by atoms with E-state index in [0.29, 0.717) is 19.7 Å². The quantitative estimate of drug-likeness (QED) is 0.756. The van der Waals surface area contributed by atoms with Gasteiger partial charge in [0.25, 0.3) is 0 Å². The molecule has 0 spiro atoms. The fourth-order valence-corrected chi connectivity index (χ4v) is 2.07. The largest absolute Gasteiger partial charge is 0.385 e. The molecule has 2 rings (SSSR count). The molecule has 1 aliphatic heterocycles. The van der Waals surface area contributed by atoms with E-state index in [1.54, 1.807) is 7.11 Å². The van der Waals surface area contributed by atoms with Gasteiger partial charge >= 0.3 is 0 Å². The zero-order valence-electron chi connectivity index (χ0n) is 10.0. The van der Waals surface area contributed by atoms with E-state index in [4.69, 9.17) is 4.74 Å². The number of benzene rings is 1. The monoisotopic (exact) mass is 234 g/mol. The van der Waals surface area contributed by atoms with Crippen LogP contribution in [0.1, 0.15) is 17.9 Å². The highest BCUT2D eigenvalue weighted by Crippen LogP contribution is 2.30. The summed E-state index contributed by atoms with van der Waals surface area (Å²) < 4.78 is 4.94. The molecule has 1 heterocycles.